The molecule has 1 unspecified atom stereocenters. The summed E-state index contributed by atoms with van der Waals surface area (Å²) in [6, 6.07) is 4.48. The summed E-state index contributed by atoms with van der Waals surface area (Å²) < 4.78 is 11.5. The van der Waals surface area contributed by atoms with Gasteiger partial charge in [0.05, 0.1) is 17.2 Å². The third-order valence-corrected chi connectivity index (χ3v) is 7.36. The molecule has 2 rings (SSSR count). The summed E-state index contributed by atoms with van der Waals surface area (Å²) in [6.45, 7) is 8.36. The van der Waals surface area contributed by atoms with Crippen molar-refractivity contribution in [1.82, 2.24) is 10.4 Å². The Labute approximate surface area is 188 Å². The zero-order valence-electron chi connectivity index (χ0n) is 17.9. The minimum Gasteiger partial charge on any atom is -0.467 e. The number of benzene rings is 1. The second-order valence-corrected chi connectivity index (χ2v) is 14.9. The quantitative estimate of drug-likeness (QED) is 0.225. The van der Waals surface area contributed by atoms with E-state index in [0.29, 0.717) is 41.1 Å². The van der Waals surface area contributed by atoms with Crippen LogP contribution in [0.3, 0.4) is 0 Å². The van der Waals surface area contributed by atoms with Crippen LogP contribution < -0.4 is 10.2 Å². The van der Waals surface area contributed by atoms with E-state index >= 15 is 0 Å². The van der Waals surface area contributed by atoms with Crippen LogP contribution in [-0.2, 0) is 19.2 Å². The largest absolute Gasteiger partial charge is 0.467 e. The van der Waals surface area contributed by atoms with Gasteiger partial charge in [0, 0.05) is 52.1 Å². The number of ether oxygens (including phenoxy) is 2. The Bertz CT molecular complexity index is 757. The number of nitrogens with zero attached hydrogens (tertiary/aromatic N) is 1. The predicted molar refractivity (Wildman–Crippen MR) is 120 cm³/mol. The van der Waals surface area contributed by atoms with Gasteiger partial charge in [0.15, 0.2) is 6.79 Å². The first kappa shape index (κ1) is 24.9. The molecule has 1 atom stereocenters. The Morgan fingerprint density at radius 3 is 2.70 bits per heavy atom. The van der Waals surface area contributed by atoms with Gasteiger partial charge in [-0.25, -0.2) is 5.48 Å². The second kappa shape index (κ2) is 11.3. The molecule has 0 spiro atoms. The van der Waals surface area contributed by atoms with Crippen molar-refractivity contribution < 1.29 is 23.9 Å². The van der Waals surface area contributed by atoms with Crippen LogP contribution in [0.15, 0.2) is 12.1 Å². The molecule has 30 heavy (non-hydrogen) atoms. The molecular weight excluding hydrogens is 447 g/mol. The minimum atomic E-state index is -1.17. The van der Waals surface area contributed by atoms with E-state index in [4.69, 9.17) is 32.7 Å². The fourth-order valence-electron chi connectivity index (χ4n) is 3.18. The molecule has 1 aliphatic heterocycles. The molecule has 2 amide bonds. The first-order chi connectivity index (χ1) is 14.1. The maximum atomic E-state index is 12.5. The summed E-state index contributed by atoms with van der Waals surface area (Å²) in [6.07, 6.45) is 0.433. The van der Waals surface area contributed by atoms with Gasteiger partial charge in [-0.1, -0.05) is 42.8 Å². The molecule has 0 aromatic heterocycles. The highest BCUT2D eigenvalue weighted by Crippen LogP contribution is 2.42. The number of hydrogen-bond donors (Lipinski definition) is 1. The summed E-state index contributed by atoms with van der Waals surface area (Å²) in [5, 5.41) is 0.789. The van der Waals surface area contributed by atoms with Crippen molar-refractivity contribution in [3.8, 4) is 5.75 Å². The van der Waals surface area contributed by atoms with Crippen LogP contribution in [0.4, 0.5) is 0 Å². The molecule has 0 radical (unpaired) electrons. The van der Waals surface area contributed by atoms with Crippen molar-refractivity contribution in [1.29, 1.82) is 0 Å². The maximum absolute atomic E-state index is 12.5. The summed E-state index contributed by atoms with van der Waals surface area (Å²) >= 11 is 12.7. The van der Waals surface area contributed by atoms with Gasteiger partial charge >= 0.3 is 0 Å². The van der Waals surface area contributed by atoms with Crippen LogP contribution >= 0.6 is 23.2 Å². The topological polar surface area (TPSA) is 77.1 Å². The number of carbonyl (C=O) groups excluding carboxylic acids is 2. The van der Waals surface area contributed by atoms with Crippen molar-refractivity contribution in [2.45, 2.75) is 44.4 Å². The summed E-state index contributed by atoms with van der Waals surface area (Å²) in [7, 11) is 0.197. The van der Waals surface area contributed by atoms with E-state index in [1.54, 1.807) is 17.0 Å². The third-order valence-electron chi connectivity index (χ3n) is 4.83. The lowest BCUT2D eigenvalue weighted by Crippen LogP contribution is -2.31. The molecule has 0 aliphatic carbocycles. The normalized spacial score (nSPS) is 16.8. The highest BCUT2D eigenvalue weighted by molar-refractivity contribution is 6.76. The molecular formula is C20H30Cl2N2O5Si. The summed E-state index contributed by atoms with van der Waals surface area (Å²) in [5.74, 6) is 0.0629. The van der Waals surface area contributed by atoms with Crippen molar-refractivity contribution >= 4 is 43.1 Å². The Morgan fingerprint density at radius 2 is 2.03 bits per heavy atom. The number of hydrogen-bond acceptors (Lipinski definition) is 5. The standard InChI is InChI=1S/C20H30Cl2N2O5Si/c1-27-23-17(25)7-8-24-12-14(11-18(24)26)19-16(6-5-15(21)20(19)22)29-13-28-9-10-30(2,3)4/h5-6,14H,7-13H2,1-4H3,(H,23,25). The third kappa shape index (κ3) is 7.42. The van der Waals surface area contributed by atoms with E-state index in [1.165, 1.54) is 7.11 Å². The number of carbonyl (C=O) groups is 2. The SMILES string of the molecule is CONC(=O)CCN1CC(c2c(OCOCC[Si](C)(C)C)ccc(Cl)c2Cl)CC1=O. The van der Waals surface area contributed by atoms with Crippen LogP contribution in [0, 0.1) is 0 Å². The van der Waals surface area contributed by atoms with Gasteiger partial charge in [0.2, 0.25) is 11.8 Å². The molecule has 1 saturated heterocycles. The molecule has 1 aliphatic rings. The fourth-order valence-corrected chi connectivity index (χ4v) is 4.41. The maximum Gasteiger partial charge on any atom is 0.245 e. The monoisotopic (exact) mass is 476 g/mol. The second-order valence-electron chi connectivity index (χ2n) is 8.47. The first-order valence-electron chi connectivity index (χ1n) is 9.90. The molecule has 168 valence electrons. The lowest BCUT2D eigenvalue weighted by Gasteiger charge is -2.20. The lowest BCUT2D eigenvalue weighted by atomic mass is 9.97. The Kier molecular flexibility index (Phi) is 9.43. The number of nitrogens with one attached hydrogen (secondary N) is 1. The van der Waals surface area contributed by atoms with Gasteiger partial charge < -0.3 is 14.4 Å². The van der Waals surface area contributed by atoms with E-state index < -0.39 is 8.07 Å². The van der Waals surface area contributed by atoms with Crippen molar-refractivity contribution in [2.75, 3.05) is 33.6 Å². The average molecular weight is 477 g/mol. The molecule has 1 fully saturated rings. The predicted octanol–water partition coefficient (Wildman–Crippen LogP) is 4.07. The van der Waals surface area contributed by atoms with Crippen LogP contribution in [-0.4, -0.2) is 58.4 Å². The van der Waals surface area contributed by atoms with Crippen molar-refractivity contribution in [3.05, 3.63) is 27.7 Å². The van der Waals surface area contributed by atoms with Gasteiger partial charge in [-0.15, -0.1) is 0 Å². The Balaban J connectivity index is 2.02. The minimum absolute atomic E-state index is 0.0430. The Morgan fingerprint density at radius 1 is 1.30 bits per heavy atom. The number of halogens is 2. The van der Waals surface area contributed by atoms with Crippen molar-refractivity contribution in [3.63, 3.8) is 0 Å². The van der Waals surface area contributed by atoms with Crippen LogP contribution in [0.5, 0.6) is 5.75 Å². The van der Waals surface area contributed by atoms with E-state index in [0.717, 1.165) is 6.04 Å². The smallest absolute Gasteiger partial charge is 0.245 e. The number of rotatable bonds is 11. The summed E-state index contributed by atoms with van der Waals surface area (Å²) in [5.41, 5.74) is 2.95. The molecule has 1 heterocycles. The summed E-state index contributed by atoms with van der Waals surface area (Å²) in [4.78, 5) is 30.3. The molecule has 1 N–H and O–H groups in total. The zero-order valence-corrected chi connectivity index (χ0v) is 20.4. The molecule has 7 nitrogen and oxygen atoms in total. The fraction of sp³-hybridized carbons (Fsp3) is 0.600. The van der Waals surface area contributed by atoms with Crippen molar-refractivity contribution in [2.24, 2.45) is 0 Å². The molecule has 0 bridgehead atoms. The van der Waals surface area contributed by atoms with E-state index in [1.807, 2.05) is 0 Å². The van der Waals surface area contributed by atoms with Crippen LogP contribution in [0.25, 0.3) is 0 Å². The van der Waals surface area contributed by atoms with Gasteiger partial charge in [-0.3, -0.25) is 14.4 Å². The number of likely N-dealkylation sites (tertiary alicyclic amines) is 1. The molecule has 1 aromatic rings. The molecule has 10 heteroatoms. The molecule has 0 saturated carbocycles. The lowest BCUT2D eigenvalue weighted by molar-refractivity contribution is -0.133. The number of amides is 2. The highest BCUT2D eigenvalue weighted by atomic mass is 35.5. The van der Waals surface area contributed by atoms with Gasteiger partial charge in [-0.2, -0.15) is 0 Å². The van der Waals surface area contributed by atoms with Gasteiger partial charge in [0.25, 0.3) is 0 Å². The van der Waals surface area contributed by atoms with Crippen LogP contribution in [0.1, 0.15) is 24.3 Å². The average Bonchev–Trinajstić information content (AvgIpc) is 3.02. The Hall–Kier alpha value is -1.32. The van der Waals surface area contributed by atoms with E-state index in [9.17, 15) is 9.59 Å². The number of hydroxylamine groups is 1. The zero-order chi connectivity index (χ0) is 22.3. The first-order valence-corrected chi connectivity index (χ1v) is 14.4. The highest BCUT2D eigenvalue weighted by Gasteiger charge is 2.34. The van der Waals surface area contributed by atoms with Crippen LogP contribution in [0.2, 0.25) is 35.7 Å². The van der Waals surface area contributed by atoms with E-state index in [-0.39, 0.29) is 37.4 Å². The van der Waals surface area contributed by atoms with E-state index in [2.05, 4.69) is 30.0 Å². The molecule has 1 aromatic carbocycles. The van der Waals surface area contributed by atoms with Gasteiger partial charge in [0.1, 0.15) is 5.75 Å². The van der Waals surface area contributed by atoms with Gasteiger partial charge in [-0.05, 0) is 18.2 Å².